The van der Waals surface area contributed by atoms with Crippen molar-refractivity contribution < 1.29 is 14.3 Å². The molecule has 1 aromatic heterocycles. The zero-order chi connectivity index (χ0) is 8.55. The Bertz CT molecular complexity index is 295. The summed E-state index contributed by atoms with van der Waals surface area (Å²) in [5, 5.41) is 0. The van der Waals surface area contributed by atoms with E-state index < -0.39 is 0 Å². The van der Waals surface area contributed by atoms with Crippen LogP contribution in [0.2, 0.25) is 0 Å². The smallest absolute Gasteiger partial charge is 0.348 e. The number of hydrogen-bond donors (Lipinski definition) is 0. The minimum absolute atomic E-state index is 0.255. The molecule has 0 N–H and O–H groups in total. The maximum atomic E-state index is 11.1. The maximum Gasteiger partial charge on any atom is 0.348 e. The van der Waals surface area contributed by atoms with Gasteiger partial charge in [-0.25, -0.2) is 4.79 Å². The molecule has 2 heterocycles. The number of fused-ring (bicyclic) bond motifs is 1. The second kappa shape index (κ2) is 2.88. The van der Waals surface area contributed by atoms with Gasteiger partial charge in [0.15, 0.2) is 0 Å². The highest BCUT2D eigenvalue weighted by Gasteiger charge is 2.18. The zero-order valence-corrected chi connectivity index (χ0v) is 7.44. The molecule has 0 amide bonds. The highest BCUT2D eigenvalue weighted by atomic mass is 32.1. The Balaban J connectivity index is 2.31. The second-order valence-electron chi connectivity index (χ2n) is 2.54. The standard InChI is InChI=1S/C8H8O3S/c1-10-8(9)6-2-5-3-11-4-7(5)12-6/h2H,3-4H2,1H3. The van der Waals surface area contributed by atoms with Gasteiger partial charge in [-0.1, -0.05) is 0 Å². The van der Waals surface area contributed by atoms with E-state index in [0.717, 1.165) is 10.4 Å². The minimum atomic E-state index is -0.255. The third-order valence-corrected chi connectivity index (χ3v) is 2.90. The van der Waals surface area contributed by atoms with E-state index in [1.165, 1.54) is 18.4 Å². The van der Waals surface area contributed by atoms with Gasteiger partial charge in [0, 0.05) is 4.88 Å². The van der Waals surface area contributed by atoms with Crippen molar-refractivity contribution in [3.05, 3.63) is 21.4 Å². The number of ether oxygens (including phenoxy) is 2. The zero-order valence-electron chi connectivity index (χ0n) is 6.62. The first-order valence-electron chi connectivity index (χ1n) is 3.59. The van der Waals surface area contributed by atoms with E-state index in [9.17, 15) is 4.79 Å². The number of rotatable bonds is 1. The van der Waals surface area contributed by atoms with Crippen LogP contribution in [0.15, 0.2) is 6.07 Å². The number of carbonyl (C=O) groups excluding carboxylic acids is 1. The molecule has 12 heavy (non-hydrogen) atoms. The lowest BCUT2D eigenvalue weighted by Crippen LogP contribution is -1.97. The summed E-state index contributed by atoms with van der Waals surface area (Å²) < 4.78 is 9.79. The second-order valence-corrected chi connectivity index (χ2v) is 3.68. The Morgan fingerprint density at radius 2 is 2.50 bits per heavy atom. The van der Waals surface area contributed by atoms with Crippen molar-refractivity contribution >= 4 is 17.3 Å². The van der Waals surface area contributed by atoms with Gasteiger partial charge >= 0.3 is 5.97 Å². The van der Waals surface area contributed by atoms with Gasteiger partial charge in [0.25, 0.3) is 0 Å². The van der Waals surface area contributed by atoms with Gasteiger partial charge in [0.1, 0.15) is 4.88 Å². The van der Waals surface area contributed by atoms with Crippen molar-refractivity contribution in [2.24, 2.45) is 0 Å². The average Bonchev–Trinajstić information content (AvgIpc) is 2.60. The molecule has 0 radical (unpaired) electrons. The number of esters is 1. The van der Waals surface area contributed by atoms with Gasteiger partial charge in [0.05, 0.1) is 20.3 Å². The molecule has 3 nitrogen and oxygen atoms in total. The van der Waals surface area contributed by atoms with E-state index in [2.05, 4.69) is 4.74 Å². The quantitative estimate of drug-likeness (QED) is 0.621. The lowest BCUT2D eigenvalue weighted by atomic mass is 10.3. The molecular formula is C8H8O3S. The van der Waals surface area contributed by atoms with Crippen molar-refractivity contribution in [3.8, 4) is 0 Å². The van der Waals surface area contributed by atoms with Crippen molar-refractivity contribution in [1.82, 2.24) is 0 Å². The van der Waals surface area contributed by atoms with Gasteiger partial charge < -0.3 is 9.47 Å². The molecule has 1 aromatic rings. The van der Waals surface area contributed by atoms with Crippen LogP contribution in [0.3, 0.4) is 0 Å². The summed E-state index contributed by atoms with van der Waals surface area (Å²) in [6.45, 7) is 1.26. The third kappa shape index (κ3) is 1.13. The van der Waals surface area contributed by atoms with Gasteiger partial charge in [-0.2, -0.15) is 0 Å². The summed E-state index contributed by atoms with van der Waals surface area (Å²) in [4.78, 5) is 12.9. The van der Waals surface area contributed by atoms with E-state index in [1.54, 1.807) is 0 Å². The van der Waals surface area contributed by atoms with Crippen molar-refractivity contribution in [2.75, 3.05) is 7.11 Å². The number of hydrogen-bond acceptors (Lipinski definition) is 4. The van der Waals surface area contributed by atoms with Crippen LogP contribution in [0, 0.1) is 0 Å². The molecule has 1 aliphatic heterocycles. The maximum absolute atomic E-state index is 11.1. The molecule has 0 atom stereocenters. The summed E-state index contributed by atoms with van der Waals surface area (Å²) in [7, 11) is 1.39. The lowest BCUT2D eigenvalue weighted by Gasteiger charge is -1.93. The van der Waals surface area contributed by atoms with Crippen molar-refractivity contribution in [1.29, 1.82) is 0 Å². The van der Waals surface area contributed by atoms with Crippen LogP contribution in [-0.2, 0) is 22.7 Å². The summed E-state index contributed by atoms with van der Waals surface area (Å²) in [6, 6.07) is 1.85. The van der Waals surface area contributed by atoms with Gasteiger partial charge in [0.2, 0.25) is 0 Å². The molecule has 0 saturated heterocycles. The van der Waals surface area contributed by atoms with Crippen LogP contribution < -0.4 is 0 Å². The number of carbonyl (C=O) groups is 1. The fourth-order valence-corrected chi connectivity index (χ4v) is 2.19. The summed E-state index contributed by atoms with van der Waals surface area (Å²) in [6.07, 6.45) is 0. The molecule has 0 aliphatic carbocycles. The van der Waals surface area contributed by atoms with Crippen LogP contribution in [0.5, 0.6) is 0 Å². The summed E-state index contributed by atoms with van der Waals surface area (Å²) >= 11 is 1.46. The molecule has 64 valence electrons. The Hall–Kier alpha value is -0.870. The van der Waals surface area contributed by atoms with E-state index in [4.69, 9.17) is 4.74 Å². The normalized spacial score (nSPS) is 14.4. The van der Waals surface area contributed by atoms with Crippen LogP contribution >= 0.6 is 11.3 Å². The summed E-state index contributed by atoms with van der Waals surface area (Å²) in [5.41, 5.74) is 1.13. The van der Waals surface area contributed by atoms with Crippen LogP contribution in [0.4, 0.5) is 0 Å². The Morgan fingerprint density at radius 1 is 1.67 bits per heavy atom. The molecule has 0 aromatic carbocycles. The van der Waals surface area contributed by atoms with Gasteiger partial charge in [-0.05, 0) is 11.6 Å². The molecule has 0 saturated carbocycles. The van der Waals surface area contributed by atoms with E-state index in [0.29, 0.717) is 18.1 Å². The molecule has 0 unspecified atom stereocenters. The number of methoxy groups -OCH3 is 1. The molecule has 0 fully saturated rings. The van der Waals surface area contributed by atoms with Crippen molar-refractivity contribution in [3.63, 3.8) is 0 Å². The topological polar surface area (TPSA) is 35.5 Å². The minimum Gasteiger partial charge on any atom is -0.465 e. The Morgan fingerprint density at radius 3 is 3.17 bits per heavy atom. The van der Waals surface area contributed by atoms with Crippen LogP contribution in [0.1, 0.15) is 20.1 Å². The monoisotopic (exact) mass is 184 g/mol. The van der Waals surface area contributed by atoms with Gasteiger partial charge in [-0.3, -0.25) is 0 Å². The van der Waals surface area contributed by atoms with E-state index in [-0.39, 0.29) is 5.97 Å². The van der Waals surface area contributed by atoms with E-state index in [1.807, 2.05) is 6.07 Å². The average molecular weight is 184 g/mol. The molecule has 0 bridgehead atoms. The van der Waals surface area contributed by atoms with E-state index >= 15 is 0 Å². The highest BCUT2D eigenvalue weighted by molar-refractivity contribution is 7.14. The van der Waals surface area contributed by atoms with Crippen LogP contribution in [0.25, 0.3) is 0 Å². The molecule has 1 aliphatic rings. The first kappa shape index (κ1) is 7.76. The molecule has 2 rings (SSSR count). The first-order valence-corrected chi connectivity index (χ1v) is 4.40. The third-order valence-electron chi connectivity index (χ3n) is 1.77. The van der Waals surface area contributed by atoms with Crippen molar-refractivity contribution in [2.45, 2.75) is 13.2 Å². The fraction of sp³-hybridized carbons (Fsp3) is 0.375. The fourth-order valence-electron chi connectivity index (χ4n) is 1.17. The predicted octanol–water partition coefficient (Wildman–Crippen LogP) is 1.56. The lowest BCUT2D eigenvalue weighted by molar-refractivity contribution is 0.0606. The predicted molar refractivity (Wildman–Crippen MR) is 44.2 cm³/mol. The Labute approximate surface area is 73.9 Å². The van der Waals surface area contributed by atoms with Gasteiger partial charge in [-0.15, -0.1) is 11.3 Å². The first-order chi connectivity index (χ1) is 5.81. The largest absolute Gasteiger partial charge is 0.465 e. The molecule has 4 heteroatoms. The molecule has 0 spiro atoms. The Kier molecular flexibility index (Phi) is 1.86. The summed E-state index contributed by atoms with van der Waals surface area (Å²) in [5.74, 6) is -0.255. The highest BCUT2D eigenvalue weighted by Crippen LogP contribution is 2.29. The molecular weight excluding hydrogens is 176 g/mol. The van der Waals surface area contributed by atoms with Crippen LogP contribution in [-0.4, -0.2) is 13.1 Å². The number of thiophene rings is 1. The SMILES string of the molecule is COC(=O)c1cc2c(s1)COC2.